The van der Waals surface area contributed by atoms with Crippen molar-refractivity contribution in [3.8, 4) is 5.75 Å². The molecule has 1 unspecified atom stereocenters. The lowest BCUT2D eigenvalue weighted by Crippen LogP contribution is -2.41. The number of rotatable bonds is 6. The Hall–Kier alpha value is -2.24. The zero-order chi connectivity index (χ0) is 16.9. The molecule has 0 aliphatic rings. The number of carbonyl (C=O) groups is 2. The van der Waals surface area contributed by atoms with E-state index in [1.54, 1.807) is 21.1 Å². The molecule has 0 fully saturated rings. The average molecular weight is 308 g/mol. The van der Waals surface area contributed by atoms with Gasteiger partial charge < -0.3 is 20.1 Å². The highest BCUT2D eigenvalue weighted by Gasteiger charge is 2.20. The van der Waals surface area contributed by atoms with E-state index in [0.717, 1.165) is 11.1 Å². The monoisotopic (exact) mass is 308 g/mol. The van der Waals surface area contributed by atoms with Crippen molar-refractivity contribution in [2.45, 2.75) is 26.8 Å². The fourth-order valence-electron chi connectivity index (χ4n) is 2.14. The molecule has 0 saturated heterocycles. The fourth-order valence-corrected chi connectivity index (χ4v) is 2.14. The smallest absolute Gasteiger partial charge is 0.317 e. The van der Waals surface area contributed by atoms with Gasteiger partial charge in [-0.15, -0.1) is 0 Å². The first-order valence-corrected chi connectivity index (χ1v) is 7.15. The van der Waals surface area contributed by atoms with E-state index in [-0.39, 0.29) is 18.6 Å². The predicted octanol–water partition coefficient (Wildman–Crippen LogP) is 2.43. The van der Waals surface area contributed by atoms with Crippen LogP contribution in [0.5, 0.6) is 5.75 Å². The standard InChI is InChI=1S/C16H24N2O4/c1-10-6-7-14(22-5)13(8-10)12(3)17-16(21)18(4)9-11(2)15(19)20/h6-8,11-12H,9H2,1-5H3,(H,17,21)(H,19,20)/t11?,12-/m1/s1. The molecule has 2 N–H and O–H groups in total. The zero-order valence-corrected chi connectivity index (χ0v) is 13.7. The molecule has 1 rings (SSSR count). The summed E-state index contributed by atoms with van der Waals surface area (Å²) in [4.78, 5) is 24.4. The Morgan fingerprint density at radius 2 is 2.00 bits per heavy atom. The van der Waals surface area contributed by atoms with Gasteiger partial charge in [-0.05, 0) is 19.9 Å². The van der Waals surface area contributed by atoms with E-state index in [0.29, 0.717) is 5.75 Å². The van der Waals surface area contributed by atoms with E-state index < -0.39 is 11.9 Å². The van der Waals surface area contributed by atoms with Crippen LogP contribution in [0.4, 0.5) is 4.79 Å². The van der Waals surface area contributed by atoms with Crippen LogP contribution in [-0.2, 0) is 4.79 Å². The van der Waals surface area contributed by atoms with E-state index in [9.17, 15) is 9.59 Å². The van der Waals surface area contributed by atoms with E-state index in [4.69, 9.17) is 9.84 Å². The predicted molar refractivity (Wildman–Crippen MR) is 84.1 cm³/mol. The second kappa shape index (κ2) is 7.68. The molecule has 0 aliphatic carbocycles. The summed E-state index contributed by atoms with van der Waals surface area (Å²) in [7, 11) is 3.17. The number of aliphatic carboxylic acids is 1. The first kappa shape index (κ1) is 17.8. The minimum Gasteiger partial charge on any atom is -0.496 e. The number of ether oxygens (including phenoxy) is 1. The van der Waals surface area contributed by atoms with Crippen LogP contribution < -0.4 is 10.1 Å². The van der Waals surface area contributed by atoms with Crippen molar-refractivity contribution in [2.24, 2.45) is 5.92 Å². The van der Waals surface area contributed by atoms with Crippen molar-refractivity contribution in [2.75, 3.05) is 20.7 Å². The third-order valence-corrected chi connectivity index (χ3v) is 3.51. The van der Waals surface area contributed by atoms with Crippen LogP contribution in [0.25, 0.3) is 0 Å². The third kappa shape index (κ3) is 4.65. The van der Waals surface area contributed by atoms with Crippen LogP contribution >= 0.6 is 0 Å². The quantitative estimate of drug-likeness (QED) is 0.846. The van der Waals surface area contributed by atoms with Gasteiger partial charge in [0.1, 0.15) is 5.75 Å². The summed E-state index contributed by atoms with van der Waals surface area (Å²) >= 11 is 0. The molecule has 2 amide bonds. The Morgan fingerprint density at radius 1 is 1.36 bits per heavy atom. The molecule has 2 atom stereocenters. The van der Waals surface area contributed by atoms with Gasteiger partial charge in [-0.2, -0.15) is 0 Å². The van der Waals surface area contributed by atoms with Crippen LogP contribution in [0.15, 0.2) is 18.2 Å². The van der Waals surface area contributed by atoms with Crippen molar-refractivity contribution in [1.29, 1.82) is 0 Å². The maximum absolute atomic E-state index is 12.2. The van der Waals surface area contributed by atoms with Gasteiger partial charge in [0.05, 0.1) is 19.1 Å². The molecule has 1 aromatic carbocycles. The molecule has 6 nitrogen and oxygen atoms in total. The van der Waals surface area contributed by atoms with Crippen LogP contribution in [0.3, 0.4) is 0 Å². The van der Waals surface area contributed by atoms with Crippen molar-refractivity contribution in [3.05, 3.63) is 29.3 Å². The summed E-state index contributed by atoms with van der Waals surface area (Å²) in [6.45, 7) is 5.56. The molecule has 0 aromatic heterocycles. The number of aryl methyl sites for hydroxylation is 1. The number of nitrogens with zero attached hydrogens (tertiary/aromatic N) is 1. The van der Waals surface area contributed by atoms with Gasteiger partial charge in [-0.25, -0.2) is 4.79 Å². The van der Waals surface area contributed by atoms with Crippen molar-refractivity contribution in [3.63, 3.8) is 0 Å². The largest absolute Gasteiger partial charge is 0.496 e. The van der Waals surface area contributed by atoms with Gasteiger partial charge in [-0.1, -0.05) is 24.6 Å². The number of hydrogen-bond acceptors (Lipinski definition) is 3. The Labute approximate surface area is 131 Å². The summed E-state index contributed by atoms with van der Waals surface area (Å²) in [6.07, 6.45) is 0. The lowest BCUT2D eigenvalue weighted by molar-refractivity contribution is -0.141. The Bertz CT molecular complexity index is 545. The second-order valence-corrected chi connectivity index (χ2v) is 5.54. The number of carbonyl (C=O) groups excluding carboxylic acids is 1. The lowest BCUT2D eigenvalue weighted by atomic mass is 10.0. The average Bonchev–Trinajstić information content (AvgIpc) is 2.46. The topological polar surface area (TPSA) is 78.9 Å². The highest BCUT2D eigenvalue weighted by Crippen LogP contribution is 2.26. The number of urea groups is 1. The van der Waals surface area contributed by atoms with E-state index in [1.165, 1.54) is 4.90 Å². The van der Waals surface area contributed by atoms with Gasteiger partial charge >= 0.3 is 12.0 Å². The molecule has 6 heteroatoms. The SMILES string of the molecule is COc1ccc(C)cc1[C@@H](C)NC(=O)N(C)CC(C)C(=O)O. The molecule has 1 aromatic rings. The van der Waals surface area contributed by atoms with Crippen LogP contribution in [-0.4, -0.2) is 42.7 Å². The zero-order valence-electron chi connectivity index (χ0n) is 13.7. The number of amides is 2. The van der Waals surface area contributed by atoms with E-state index in [2.05, 4.69) is 5.32 Å². The first-order valence-electron chi connectivity index (χ1n) is 7.15. The second-order valence-electron chi connectivity index (χ2n) is 5.54. The number of benzene rings is 1. The first-order chi connectivity index (χ1) is 10.3. The van der Waals surface area contributed by atoms with Gasteiger partial charge in [0.25, 0.3) is 0 Å². The number of nitrogens with one attached hydrogen (secondary N) is 1. The number of methoxy groups -OCH3 is 1. The van der Waals surface area contributed by atoms with Crippen molar-refractivity contribution >= 4 is 12.0 Å². The number of carboxylic acid groups (broad SMARTS) is 1. The van der Waals surface area contributed by atoms with E-state index >= 15 is 0 Å². The minimum absolute atomic E-state index is 0.152. The fraction of sp³-hybridized carbons (Fsp3) is 0.500. The Morgan fingerprint density at radius 3 is 2.55 bits per heavy atom. The third-order valence-electron chi connectivity index (χ3n) is 3.51. The number of hydrogen-bond donors (Lipinski definition) is 2. The minimum atomic E-state index is -0.923. The Kier molecular flexibility index (Phi) is 6.22. The molecule has 122 valence electrons. The summed E-state index contributed by atoms with van der Waals surface area (Å²) in [5.41, 5.74) is 1.96. The van der Waals surface area contributed by atoms with Crippen LogP contribution in [0.2, 0.25) is 0 Å². The highest BCUT2D eigenvalue weighted by atomic mass is 16.5. The Balaban J connectivity index is 2.75. The summed E-state index contributed by atoms with van der Waals surface area (Å²) in [6, 6.07) is 5.21. The normalized spacial score (nSPS) is 13.1. The molecular weight excluding hydrogens is 284 g/mol. The molecule has 0 radical (unpaired) electrons. The summed E-state index contributed by atoms with van der Waals surface area (Å²) in [5, 5.41) is 11.8. The van der Waals surface area contributed by atoms with Crippen LogP contribution in [0, 0.1) is 12.8 Å². The summed E-state index contributed by atoms with van der Waals surface area (Å²) in [5.74, 6) is -0.826. The van der Waals surface area contributed by atoms with Gasteiger partial charge in [0.2, 0.25) is 0 Å². The molecular formula is C16H24N2O4. The van der Waals surface area contributed by atoms with Gasteiger partial charge in [-0.3, -0.25) is 4.79 Å². The highest BCUT2D eigenvalue weighted by molar-refractivity contribution is 5.76. The number of carboxylic acids is 1. The molecule has 0 bridgehead atoms. The maximum atomic E-state index is 12.2. The lowest BCUT2D eigenvalue weighted by Gasteiger charge is -2.24. The van der Waals surface area contributed by atoms with Gasteiger partial charge in [0.15, 0.2) is 0 Å². The molecule has 22 heavy (non-hydrogen) atoms. The molecule has 0 saturated carbocycles. The molecule has 0 heterocycles. The molecule has 0 aliphatic heterocycles. The molecule has 0 spiro atoms. The summed E-state index contributed by atoms with van der Waals surface area (Å²) < 4.78 is 5.32. The van der Waals surface area contributed by atoms with Crippen LogP contribution in [0.1, 0.15) is 31.0 Å². The van der Waals surface area contributed by atoms with Crippen molar-refractivity contribution < 1.29 is 19.4 Å². The maximum Gasteiger partial charge on any atom is 0.317 e. The van der Waals surface area contributed by atoms with Crippen molar-refractivity contribution in [1.82, 2.24) is 10.2 Å². The van der Waals surface area contributed by atoms with E-state index in [1.807, 2.05) is 32.0 Å². The van der Waals surface area contributed by atoms with Gasteiger partial charge in [0, 0.05) is 19.2 Å².